The molecule has 2 heterocycles. The number of rotatable bonds is 1. The number of aromatic amines is 1. The van der Waals surface area contributed by atoms with Gasteiger partial charge in [0.1, 0.15) is 17.8 Å². The SMILES string of the molecule is Cc1cccc(-c2ccc3[nH]c4ncnc(N)c4c3c2)c1. The van der Waals surface area contributed by atoms with Crippen LogP contribution in [0.3, 0.4) is 0 Å². The summed E-state index contributed by atoms with van der Waals surface area (Å²) in [5.74, 6) is 0.507. The Kier molecular flexibility index (Phi) is 2.44. The number of hydrogen-bond donors (Lipinski definition) is 2. The van der Waals surface area contributed by atoms with E-state index in [-0.39, 0.29) is 0 Å². The highest BCUT2D eigenvalue weighted by molar-refractivity contribution is 6.11. The molecule has 4 nitrogen and oxygen atoms in total. The summed E-state index contributed by atoms with van der Waals surface area (Å²) < 4.78 is 0. The third-order valence-electron chi connectivity index (χ3n) is 3.77. The van der Waals surface area contributed by atoms with Gasteiger partial charge in [0, 0.05) is 10.9 Å². The molecule has 0 radical (unpaired) electrons. The molecule has 0 bridgehead atoms. The molecule has 102 valence electrons. The molecule has 0 fully saturated rings. The molecule has 4 heteroatoms. The Labute approximate surface area is 121 Å². The Morgan fingerprint density at radius 1 is 1.00 bits per heavy atom. The van der Waals surface area contributed by atoms with Crippen LogP contribution < -0.4 is 5.73 Å². The van der Waals surface area contributed by atoms with Gasteiger partial charge in [-0.3, -0.25) is 0 Å². The van der Waals surface area contributed by atoms with Crippen molar-refractivity contribution < 1.29 is 0 Å². The first-order valence-corrected chi connectivity index (χ1v) is 6.81. The van der Waals surface area contributed by atoms with Gasteiger partial charge >= 0.3 is 0 Å². The molecule has 3 N–H and O–H groups in total. The lowest BCUT2D eigenvalue weighted by Gasteiger charge is -2.03. The molecule has 4 rings (SSSR count). The van der Waals surface area contributed by atoms with E-state index in [2.05, 4.69) is 64.3 Å². The minimum absolute atomic E-state index is 0.507. The Bertz CT molecular complexity index is 969. The maximum absolute atomic E-state index is 6.01. The van der Waals surface area contributed by atoms with E-state index in [9.17, 15) is 0 Å². The molecule has 0 aliphatic rings. The average molecular weight is 274 g/mol. The van der Waals surface area contributed by atoms with Gasteiger partial charge in [0.15, 0.2) is 0 Å². The van der Waals surface area contributed by atoms with Gasteiger partial charge in [0.2, 0.25) is 0 Å². The van der Waals surface area contributed by atoms with Gasteiger partial charge < -0.3 is 10.7 Å². The minimum atomic E-state index is 0.507. The zero-order valence-electron chi connectivity index (χ0n) is 11.6. The molecule has 2 aromatic heterocycles. The lowest BCUT2D eigenvalue weighted by molar-refractivity contribution is 1.21. The Morgan fingerprint density at radius 2 is 1.86 bits per heavy atom. The number of nitrogens with zero attached hydrogens (tertiary/aromatic N) is 2. The van der Waals surface area contributed by atoms with Crippen molar-refractivity contribution >= 4 is 27.8 Å². The van der Waals surface area contributed by atoms with Crippen molar-refractivity contribution in [3.63, 3.8) is 0 Å². The van der Waals surface area contributed by atoms with Crippen LogP contribution in [-0.2, 0) is 0 Å². The number of benzene rings is 2. The smallest absolute Gasteiger partial charge is 0.143 e. The number of nitrogens with one attached hydrogen (secondary N) is 1. The largest absolute Gasteiger partial charge is 0.383 e. The second-order valence-electron chi connectivity index (χ2n) is 5.24. The van der Waals surface area contributed by atoms with Crippen molar-refractivity contribution in [1.82, 2.24) is 15.0 Å². The van der Waals surface area contributed by atoms with Gasteiger partial charge in [-0.1, -0.05) is 35.9 Å². The number of hydrogen-bond acceptors (Lipinski definition) is 3. The summed E-state index contributed by atoms with van der Waals surface area (Å²) in [6.07, 6.45) is 1.48. The maximum atomic E-state index is 6.01. The van der Waals surface area contributed by atoms with E-state index < -0.39 is 0 Å². The summed E-state index contributed by atoms with van der Waals surface area (Å²) in [5.41, 5.74) is 11.4. The van der Waals surface area contributed by atoms with E-state index in [0.717, 1.165) is 27.5 Å². The molecule has 0 aliphatic heterocycles. The van der Waals surface area contributed by atoms with Crippen LogP contribution in [0.2, 0.25) is 0 Å². The lowest BCUT2D eigenvalue weighted by atomic mass is 10.0. The summed E-state index contributed by atoms with van der Waals surface area (Å²) >= 11 is 0. The summed E-state index contributed by atoms with van der Waals surface area (Å²) in [4.78, 5) is 11.6. The van der Waals surface area contributed by atoms with Crippen molar-refractivity contribution in [2.75, 3.05) is 5.73 Å². The molecule has 0 saturated carbocycles. The molecule has 0 atom stereocenters. The van der Waals surface area contributed by atoms with Crippen molar-refractivity contribution in [1.29, 1.82) is 0 Å². The molecule has 0 unspecified atom stereocenters. The van der Waals surface area contributed by atoms with Gasteiger partial charge in [0.05, 0.1) is 5.39 Å². The van der Waals surface area contributed by atoms with Crippen LogP contribution in [0.5, 0.6) is 0 Å². The number of aromatic nitrogens is 3. The third kappa shape index (κ3) is 1.84. The van der Waals surface area contributed by atoms with Crippen molar-refractivity contribution in [2.45, 2.75) is 6.92 Å². The van der Waals surface area contributed by atoms with Crippen molar-refractivity contribution in [2.24, 2.45) is 0 Å². The van der Waals surface area contributed by atoms with Crippen LogP contribution in [-0.4, -0.2) is 15.0 Å². The van der Waals surface area contributed by atoms with Crippen LogP contribution in [0.1, 0.15) is 5.56 Å². The predicted octanol–water partition coefficient (Wildman–Crippen LogP) is 3.67. The molecule has 0 aliphatic carbocycles. The Balaban J connectivity index is 2.03. The Morgan fingerprint density at radius 3 is 2.71 bits per heavy atom. The quantitative estimate of drug-likeness (QED) is 0.556. The molecule has 0 amide bonds. The average Bonchev–Trinajstić information content (AvgIpc) is 2.86. The van der Waals surface area contributed by atoms with Crippen LogP contribution in [0.25, 0.3) is 33.1 Å². The Hall–Kier alpha value is -2.88. The topological polar surface area (TPSA) is 67.6 Å². The highest BCUT2D eigenvalue weighted by Crippen LogP contribution is 2.31. The van der Waals surface area contributed by atoms with Crippen molar-refractivity contribution in [3.8, 4) is 11.1 Å². The number of nitrogens with two attached hydrogens (primary N) is 1. The second-order valence-corrected chi connectivity index (χ2v) is 5.24. The molecule has 0 saturated heterocycles. The van der Waals surface area contributed by atoms with Crippen LogP contribution in [0, 0.1) is 6.92 Å². The highest BCUT2D eigenvalue weighted by atomic mass is 15.0. The van der Waals surface area contributed by atoms with Crippen molar-refractivity contribution in [3.05, 3.63) is 54.4 Å². The fourth-order valence-corrected chi connectivity index (χ4v) is 2.75. The predicted molar refractivity (Wildman–Crippen MR) is 86.0 cm³/mol. The molecule has 0 spiro atoms. The summed E-state index contributed by atoms with van der Waals surface area (Å²) in [6.45, 7) is 2.10. The number of nitrogen functional groups attached to an aromatic ring is 1. The fraction of sp³-hybridized carbons (Fsp3) is 0.0588. The number of H-pyrrole nitrogens is 1. The zero-order valence-corrected chi connectivity index (χ0v) is 11.6. The van der Waals surface area contributed by atoms with E-state index in [0.29, 0.717) is 5.82 Å². The second kappa shape index (κ2) is 4.31. The highest BCUT2D eigenvalue weighted by Gasteiger charge is 2.10. The van der Waals surface area contributed by atoms with Crippen LogP contribution in [0.4, 0.5) is 5.82 Å². The van der Waals surface area contributed by atoms with Gasteiger partial charge in [-0.2, -0.15) is 0 Å². The summed E-state index contributed by atoms with van der Waals surface area (Å²) in [7, 11) is 0. The third-order valence-corrected chi connectivity index (χ3v) is 3.77. The molecule has 2 aromatic carbocycles. The zero-order chi connectivity index (χ0) is 14.4. The maximum Gasteiger partial charge on any atom is 0.143 e. The minimum Gasteiger partial charge on any atom is -0.383 e. The molecular weight excluding hydrogens is 260 g/mol. The van der Waals surface area contributed by atoms with Crippen LogP contribution in [0.15, 0.2) is 48.8 Å². The summed E-state index contributed by atoms with van der Waals surface area (Å²) in [6, 6.07) is 14.8. The van der Waals surface area contributed by atoms with E-state index in [1.165, 1.54) is 17.5 Å². The summed E-state index contributed by atoms with van der Waals surface area (Å²) in [5, 5.41) is 1.95. The van der Waals surface area contributed by atoms with E-state index >= 15 is 0 Å². The van der Waals surface area contributed by atoms with Gasteiger partial charge in [0.25, 0.3) is 0 Å². The van der Waals surface area contributed by atoms with Gasteiger partial charge in [-0.05, 0) is 30.2 Å². The van der Waals surface area contributed by atoms with E-state index in [1.807, 2.05) is 0 Å². The fourth-order valence-electron chi connectivity index (χ4n) is 2.75. The number of aryl methyl sites for hydroxylation is 1. The first-order valence-electron chi connectivity index (χ1n) is 6.81. The number of fused-ring (bicyclic) bond motifs is 3. The monoisotopic (exact) mass is 274 g/mol. The molecular formula is C17H14N4. The first kappa shape index (κ1) is 11.9. The number of anilines is 1. The molecule has 21 heavy (non-hydrogen) atoms. The van der Waals surface area contributed by atoms with Crippen LogP contribution >= 0.6 is 0 Å². The normalized spacial score (nSPS) is 11.3. The lowest BCUT2D eigenvalue weighted by Crippen LogP contribution is -1.91. The van der Waals surface area contributed by atoms with Gasteiger partial charge in [-0.25, -0.2) is 9.97 Å². The van der Waals surface area contributed by atoms with E-state index in [1.54, 1.807) is 0 Å². The standard InChI is InChI=1S/C17H14N4/c1-10-3-2-4-11(7-10)12-5-6-14-13(8-12)15-16(18)19-9-20-17(15)21-14/h2-9H,1H3,(H3,18,19,20,21). The first-order chi connectivity index (χ1) is 10.2. The molecule has 4 aromatic rings. The van der Waals surface area contributed by atoms with Gasteiger partial charge in [-0.15, -0.1) is 0 Å². The van der Waals surface area contributed by atoms with E-state index in [4.69, 9.17) is 5.73 Å².